The van der Waals surface area contributed by atoms with Gasteiger partial charge in [-0.3, -0.25) is 4.79 Å². The van der Waals surface area contributed by atoms with E-state index in [-0.39, 0.29) is 12.3 Å². The minimum absolute atomic E-state index is 0.121. The second-order valence-corrected chi connectivity index (χ2v) is 6.69. The molecule has 1 atom stereocenters. The first-order valence-corrected chi connectivity index (χ1v) is 8.65. The van der Waals surface area contributed by atoms with E-state index >= 15 is 0 Å². The molecule has 0 saturated carbocycles. The third-order valence-electron chi connectivity index (χ3n) is 4.43. The highest BCUT2D eigenvalue weighted by Crippen LogP contribution is 2.34. The Morgan fingerprint density at radius 1 is 1.28 bits per heavy atom. The highest BCUT2D eigenvalue weighted by Gasteiger charge is 2.31. The van der Waals surface area contributed by atoms with Crippen LogP contribution in [0.15, 0.2) is 36.4 Å². The average molecular weight is 378 g/mol. The van der Waals surface area contributed by atoms with Gasteiger partial charge in [0.05, 0.1) is 23.6 Å². The summed E-state index contributed by atoms with van der Waals surface area (Å²) in [5.41, 5.74) is 2.57. The van der Waals surface area contributed by atoms with Crippen LogP contribution in [0, 0.1) is 0 Å². The number of ether oxygens (including phenoxy) is 1. The van der Waals surface area contributed by atoms with Gasteiger partial charge in [-0.1, -0.05) is 41.4 Å². The summed E-state index contributed by atoms with van der Waals surface area (Å²) in [6.45, 7) is 0.469. The summed E-state index contributed by atoms with van der Waals surface area (Å²) in [6, 6.07) is 10.1. The monoisotopic (exact) mass is 377 g/mol. The van der Waals surface area contributed by atoms with E-state index in [1.54, 1.807) is 30.2 Å². The molecule has 2 aromatic carbocycles. The van der Waals surface area contributed by atoms with Crippen LogP contribution >= 0.6 is 23.2 Å². The molecule has 0 bridgehead atoms. The lowest BCUT2D eigenvalue weighted by atomic mass is 9.92. The Kier molecular flexibility index (Phi) is 5.30. The first-order valence-electron chi connectivity index (χ1n) is 7.89. The quantitative estimate of drug-likeness (QED) is 0.759. The molecule has 1 unspecified atom stereocenters. The molecule has 0 fully saturated rings. The van der Waals surface area contributed by atoms with Crippen LogP contribution in [0.3, 0.4) is 0 Å². The molecule has 25 heavy (non-hydrogen) atoms. The molecule has 1 heterocycles. The van der Waals surface area contributed by atoms with Gasteiger partial charge in [0.1, 0.15) is 18.1 Å². The van der Waals surface area contributed by atoms with Crippen LogP contribution in [0.4, 0.5) is 0 Å². The predicted octanol–water partition coefficient (Wildman–Crippen LogP) is 3.87. The van der Waals surface area contributed by atoms with Gasteiger partial charge in [-0.2, -0.15) is 0 Å². The van der Waals surface area contributed by atoms with Crippen LogP contribution in [0.2, 0.25) is 10.0 Å². The molecule has 6 heteroatoms. The number of fused-ring (bicyclic) bond motifs is 1. The molecule has 4 nitrogen and oxygen atoms in total. The van der Waals surface area contributed by atoms with E-state index < -0.39 is 6.04 Å². The molecule has 130 valence electrons. The lowest BCUT2D eigenvalue weighted by Gasteiger charge is -2.35. The summed E-state index contributed by atoms with van der Waals surface area (Å²) < 4.78 is 5.37. The number of nitrogens with zero attached hydrogens (tertiary/aromatic N) is 1. The fourth-order valence-electron chi connectivity index (χ4n) is 3.21. The number of methoxy groups -OCH3 is 1. The number of rotatable bonds is 4. The zero-order chi connectivity index (χ0) is 18.0. The molecular formula is C19H17Cl2NO3. The Hall–Kier alpha value is -2.04. The van der Waals surface area contributed by atoms with Crippen molar-refractivity contribution in [2.75, 3.05) is 13.7 Å². The summed E-state index contributed by atoms with van der Waals surface area (Å²) in [6.07, 6.45) is 1.63. The number of benzene rings is 2. The third kappa shape index (κ3) is 3.51. The van der Waals surface area contributed by atoms with Crippen LogP contribution in [0.5, 0.6) is 5.75 Å². The van der Waals surface area contributed by atoms with Gasteiger partial charge in [0.15, 0.2) is 0 Å². The highest BCUT2D eigenvalue weighted by molar-refractivity contribution is 6.42. The standard InChI is InChI=1S/C19H17Cl2NO3/c1-25-18-4-2-3-13-14(18)7-8-22(17(13)11-23)19(24)10-12-5-6-15(20)16(21)9-12/h2-6,9,11,17H,7-8,10H2,1H3. The minimum atomic E-state index is -0.603. The van der Waals surface area contributed by atoms with Gasteiger partial charge in [-0.25, -0.2) is 0 Å². The molecule has 3 rings (SSSR count). The number of carbonyl (C=O) groups excluding carboxylic acids is 2. The smallest absolute Gasteiger partial charge is 0.227 e. The van der Waals surface area contributed by atoms with Gasteiger partial charge in [-0.05, 0) is 35.7 Å². The summed E-state index contributed by atoms with van der Waals surface area (Å²) in [4.78, 5) is 26.1. The molecule has 1 aliphatic heterocycles. The maximum Gasteiger partial charge on any atom is 0.227 e. The first-order chi connectivity index (χ1) is 12.0. The molecule has 0 aliphatic carbocycles. The average Bonchev–Trinajstić information content (AvgIpc) is 2.63. The number of amides is 1. The van der Waals surface area contributed by atoms with Crippen molar-refractivity contribution < 1.29 is 14.3 Å². The van der Waals surface area contributed by atoms with E-state index in [0.29, 0.717) is 23.0 Å². The van der Waals surface area contributed by atoms with Gasteiger partial charge >= 0.3 is 0 Å². The molecule has 1 amide bonds. The fraction of sp³-hybridized carbons (Fsp3) is 0.263. The summed E-state index contributed by atoms with van der Waals surface area (Å²) in [5.74, 6) is 0.630. The Morgan fingerprint density at radius 3 is 2.76 bits per heavy atom. The Bertz CT molecular complexity index is 822. The molecule has 1 aliphatic rings. The van der Waals surface area contributed by atoms with Crippen molar-refractivity contribution >= 4 is 35.4 Å². The van der Waals surface area contributed by atoms with Crippen molar-refractivity contribution in [3.05, 3.63) is 63.1 Å². The number of carbonyl (C=O) groups is 2. The molecule has 2 aromatic rings. The Morgan fingerprint density at radius 2 is 2.08 bits per heavy atom. The van der Waals surface area contributed by atoms with Crippen molar-refractivity contribution in [2.24, 2.45) is 0 Å². The second kappa shape index (κ2) is 7.46. The molecule has 0 N–H and O–H groups in total. The van der Waals surface area contributed by atoms with Gasteiger partial charge in [0, 0.05) is 12.1 Å². The van der Waals surface area contributed by atoms with Gasteiger partial charge in [0.2, 0.25) is 5.91 Å². The van der Waals surface area contributed by atoms with Crippen molar-refractivity contribution in [1.82, 2.24) is 4.90 Å². The lowest BCUT2D eigenvalue weighted by molar-refractivity contribution is -0.136. The number of hydrogen-bond acceptors (Lipinski definition) is 3. The molecule has 0 radical (unpaired) electrons. The van der Waals surface area contributed by atoms with Crippen LogP contribution in [-0.4, -0.2) is 30.7 Å². The van der Waals surface area contributed by atoms with Crippen molar-refractivity contribution in [3.8, 4) is 5.75 Å². The summed E-state index contributed by atoms with van der Waals surface area (Å²) in [5, 5.41) is 0.857. The van der Waals surface area contributed by atoms with Crippen molar-refractivity contribution in [3.63, 3.8) is 0 Å². The fourth-order valence-corrected chi connectivity index (χ4v) is 3.53. The van der Waals surface area contributed by atoms with E-state index in [0.717, 1.165) is 28.7 Å². The number of aldehydes is 1. The van der Waals surface area contributed by atoms with E-state index in [1.807, 2.05) is 18.2 Å². The van der Waals surface area contributed by atoms with E-state index in [9.17, 15) is 9.59 Å². The maximum atomic E-state index is 12.8. The second-order valence-electron chi connectivity index (χ2n) is 5.87. The van der Waals surface area contributed by atoms with E-state index in [1.165, 1.54) is 0 Å². The number of halogens is 2. The van der Waals surface area contributed by atoms with E-state index in [2.05, 4.69) is 0 Å². The molecule has 0 aromatic heterocycles. The molecular weight excluding hydrogens is 361 g/mol. The van der Waals surface area contributed by atoms with Crippen LogP contribution in [0.1, 0.15) is 22.7 Å². The Labute approximate surface area is 156 Å². The number of hydrogen-bond donors (Lipinski definition) is 0. The minimum Gasteiger partial charge on any atom is -0.496 e. The van der Waals surface area contributed by atoms with Crippen molar-refractivity contribution in [2.45, 2.75) is 18.9 Å². The van der Waals surface area contributed by atoms with Crippen LogP contribution in [-0.2, 0) is 22.4 Å². The molecule has 0 spiro atoms. The third-order valence-corrected chi connectivity index (χ3v) is 5.17. The van der Waals surface area contributed by atoms with Gasteiger partial charge in [0.25, 0.3) is 0 Å². The van der Waals surface area contributed by atoms with E-state index in [4.69, 9.17) is 27.9 Å². The predicted molar refractivity (Wildman–Crippen MR) is 97.4 cm³/mol. The SMILES string of the molecule is COc1cccc2c1CCN(C(=O)Cc1ccc(Cl)c(Cl)c1)C2C=O. The van der Waals surface area contributed by atoms with Gasteiger partial charge in [-0.15, -0.1) is 0 Å². The summed E-state index contributed by atoms with van der Waals surface area (Å²) in [7, 11) is 1.60. The van der Waals surface area contributed by atoms with Gasteiger partial charge < -0.3 is 14.4 Å². The van der Waals surface area contributed by atoms with Crippen molar-refractivity contribution in [1.29, 1.82) is 0 Å². The topological polar surface area (TPSA) is 46.6 Å². The highest BCUT2D eigenvalue weighted by atomic mass is 35.5. The molecule has 0 saturated heterocycles. The summed E-state index contributed by atoms with van der Waals surface area (Å²) >= 11 is 11.9. The van der Waals surface area contributed by atoms with Crippen LogP contribution in [0.25, 0.3) is 0 Å². The lowest BCUT2D eigenvalue weighted by Crippen LogP contribution is -2.41. The maximum absolute atomic E-state index is 12.8. The first kappa shape index (κ1) is 17.8. The Balaban J connectivity index is 1.85. The largest absolute Gasteiger partial charge is 0.496 e. The van der Waals surface area contributed by atoms with Crippen LogP contribution < -0.4 is 4.74 Å². The zero-order valence-electron chi connectivity index (χ0n) is 13.7. The normalized spacial score (nSPS) is 16.3. The zero-order valence-corrected chi connectivity index (χ0v) is 15.2.